The summed E-state index contributed by atoms with van der Waals surface area (Å²) in [5.41, 5.74) is 5.51. The first-order valence-corrected chi connectivity index (χ1v) is 7.25. The van der Waals surface area contributed by atoms with Gasteiger partial charge in [-0.25, -0.2) is 0 Å². The van der Waals surface area contributed by atoms with Crippen molar-refractivity contribution in [1.29, 1.82) is 0 Å². The molecule has 2 saturated heterocycles. The summed E-state index contributed by atoms with van der Waals surface area (Å²) in [5, 5.41) is 0. The Morgan fingerprint density at radius 3 is 2.42 bits per heavy atom. The zero-order chi connectivity index (χ0) is 14.0. The molecule has 2 rings (SSSR count). The van der Waals surface area contributed by atoms with Crippen LogP contribution in [-0.2, 0) is 9.53 Å². The van der Waals surface area contributed by atoms with Crippen molar-refractivity contribution >= 4 is 23.1 Å². The van der Waals surface area contributed by atoms with E-state index in [0.717, 1.165) is 32.6 Å². The van der Waals surface area contributed by atoms with Crippen molar-refractivity contribution in [2.75, 3.05) is 39.4 Å². The highest BCUT2D eigenvalue weighted by molar-refractivity contribution is 7.80. The Labute approximate surface area is 120 Å². The number of thiocarbonyl (C=S) groups is 1. The zero-order valence-electron chi connectivity index (χ0n) is 11.7. The lowest BCUT2D eigenvalue weighted by Gasteiger charge is -2.43. The molecule has 0 aliphatic carbocycles. The highest BCUT2D eigenvalue weighted by Gasteiger charge is 2.35. The highest BCUT2D eigenvalue weighted by atomic mass is 32.1. The van der Waals surface area contributed by atoms with Gasteiger partial charge in [-0.15, -0.1) is 0 Å². The van der Waals surface area contributed by atoms with E-state index in [0.29, 0.717) is 18.2 Å². The van der Waals surface area contributed by atoms with Crippen LogP contribution in [0.3, 0.4) is 0 Å². The van der Waals surface area contributed by atoms with Gasteiger partial charge in [0, 0.05) is 32.8 Å². The summed E-state index contributed by atoms with van der Waals surface area (Å²) in [5.74, 6) is 0.306. The van der Waals surface area contributed by atoms with Gasteiger partial charge in [0.1, 0.15) is 0 Å². The second kappa shape index (κ2) is 5.73. The van der Waals surface area contributed by atoms with Crippen molar-refractivity contribution in [3.05, 3.63) is 0 Å². The smallest absolute Gasteiger partial charge is 0.228 e. The summed E-state index contributed by atoms with van der Waals surface area (Å²) >= 11 is 5.12. The van der Waals surface area contributed by atoms with Crippen LogP contribution in [0.4, 0.5) is 0 Å². The molecule has 2 fully saturated rings. The zero-order valence-corrected chi connectivity index (χ0v) is 12.5. The number of piperazine rings is 1. The fraction of sp³-hybridized carbons (Fsp3) is 0.846. The van der Waals surface area contributed by atoms with E-state index in [1.54, 1.807) is 0 Å². The van der Waals surface area contributed by atoms with E-state index in [4.69, 9.17) is 22.7 Å². The topological polar surface area (TPSA) is 58.8 Å². The maximum Gasteiger partial charge on any atom is 0.228 e. The number of hydrogen-bond acceptors (Lipinski definition) is 4. The Morgan fingerprint density at radius 1 is 1.32 bits per heavy atom. The summed E-state index contributed by atoms with van der Waals surface area (Å²) in [4.78, 5) is 17.0. The normalized spacial score (nSPS) is 25.6. The van der Waals surface area contributed by atoms with Gasteiger partial charge in [-0.1, -0.05) is 12.2 Å². The van der Waals surface area contributed by atoms with E-state index < -0.39 is 0 Å². The number of carbonyl (C=O) groups is 1. The summed E-state index contributed by atoms with van der Waals surface area (Å²) in [6, 6.07) is 0. The van der Waals surface area contributed by atoms with Crippen LogP contribution >= 0.6 is 12.2 Å². The molecule has 0 bridgehead atoms. The minimum atomic E-state index is -0.277. The van der Waals surface area contributed by atoms with Gasteiger partial charge in [0.15, 0.2) is 0 Å². The third-order valence-corrected chi connectivity index (χ3v) is 4.76. The molecule has 0 saturated carbocycles. The van der Waals surface area contributed by atoms with Crippen molar-refractivity contribution in [3.8, 4) is 0 Å². The number of ether oxygens (including phenoxy) is 1. The second-order valence-electron chi connectivity index (χ2n) is 5.80. The predicted octanol–water partition coefficient (Wildman–Crippen LogP) is 0.232. The fourth-order valence-corrected chi connectivity index (χ4v) is 2.76. The third-order valence-electron chi connectivity index (χ3n) is 4.26. The van der Waals surface area contributed by atoms with Crippen LogP contribution in [0.2, 0.25) is 0 Å². The Hall–Kier alpha value is -0.720. The number of rotatable bonds is 3. The third kappa shape index (κ3) is 3.07. The molecule has 19 heavy (non-hydrogen) atoms. The molecule has 108 valence electrons. The van der Waals surface area contributed by atoms with Crippen LogP contribution in [0.25, 0.3) is 0 Å². The summed E-state index contributed by atoms with van der Waals surface area (Å²) in [6.45, 7) is 8.52. The first-order valence-electron chi connectivity index (χ1n) is 6.84. The molecule has 0 spiro atoms. The molecular formula is C13H23N3O2S. The molecule has 0 radical (unpaired) electrons. The molecule has 5 nitrogen and oxygen atoms in total. The van der Waals surface area contributed by atoms with Crippen LogP contribution in [0.15, 0.2) is 0 Å². The number of amides is 1. The molecule has 1 amide bonds. The van der Waals surface area contributed by atoms with Crippen LogP contribution in [0.1, 0.15) is 20.3 Å². The lowest BCUT2D eigenvalue weighted by atomic mass is 10.0. The molecule has 0 aromatic rings. The standard InChI is InChI=1S/C13H23N3O2S/c1-13(2,12(14)19)16-6-4-15(5-7-16)11(17)10-3-8-18-9-10/h10H,3-9H2,1-2H3,(H2,14,19). The van der Waals surface area contributed by atoms with Gasteiger partial charge in [0.2, 0.25) is 5.91 Å². The lowest BCUT2D eigenvalue weighted by molar-refractivity contribution is -0.137. The number of nitrogens with two attached hydrogens (primary N) is 1. The van der Waals surface area contributed by atoms with E-state index in [2.05, 4.69) is 4.90 Å². The number of nitrogens with zero attached hydrogens (tertiary/aromatic N) is 2. The van der Waals surface area contributed by atoms with Crippen LogP contribution < -0.4 is 5.73 Å². The maximum atomic E-state index is 12.3. The van der Waals surface area contributed by atoms with Gasteiger partial charge >= 0.3 is 0 Å². The van der Waals surface area contributed by atoms with Crippen molar-refractivity contribution in [2.24, 2.45) is 11.7 Å². The molecule has 2 aliphatic heterocycles. The van der Waals surface area contributed by atoms with Crippen LogP contribution in [-0.4, -0.2) is 65.6 Å². The molecule has 0 aromatic heterocycles. The van der Waals surface area contributed by atoms with E-state index in [1.807, 2.05) is 18.7 Å². The van der Waals surface area contributed by atoms with Gasteiger partial charge in [-0.05, 0) is 20.3 Å². The molecule has 2 aliphatic rings. The quantitative estimate of drug-likeness (QED) is 0.752. The molecule has 2 N–H and O–H groups in total. The largest absolute Gasteiger partial charge is 0.392 e. The fourth-order valence-electron chi connectivity index (χ4n) is 2.63. The molecular weight excluding hydrogens is 262 g/mol. The highest BCUT2D eigenvalue weighted by Crippen LogP contribution is 2.20. The summed E-state index contributed by atoms with van der Waals surface area (Å²) < 4.78 is 5.28. The number of carbonyl (C=O) groups excluding carboxylic acids is 1. The number of hydrogen-bond donors (Lipinski definition) is 1. The predicted molar refractivity (Wildman–Crippen MR) is 77.9 cm³/mol. The Bertz CT molecular complexity index is 359. The molecule has 6 heteroatoms. The van der Waals surface area contributed by atoms with Crippen molar-refractivity contribution in [1.82, 2.24) is 9.80 Å². The minimum absolute atomic E-state index is 0.0649. The molecule has 2 heterocycles. The summed E-state index contributed by atoms with van der Waals surface area (Å²) in [7, 11) is 0. The second-order valence-corrected chi connectivity index (χ2v) is 6.24. The van der Waals surface area contributed by atoms with Gasteiger partial charge < -0.3 is 15.4 Å². The first-order chi connectivity index (χ1) is 8.93. The Balaban J connectivity index is 1.88. The van der Waals surface area contributed by atoms with Crippen molar-refractivity contribution in [3.63, 3.8) is 0 Å². The average molecular weight is 285 g/mol. The maximum absolute atomic E-state index is 12.3. The first kappa shape index (κ1) is 14.7. The average Bonchev–Trinajstić information content (AvgIpc) is 2.91. The van der Waals surface area contributed by atoms with Crippen LogP contribution in [0, 0.1) is 5.92 Å². The van der Waals surface area contributed by atoms with Crippen molar-refractivity contribution in [2.45, 2.75) is 25.8 Å². The Morgan fingerprint density at radius 2 is 1.95 bits per heavy atom. The molecule has 1 unspecified atom stereocenters. The van der Waals surface area contributed by atoms with Gasteiger partial charge in [0.25, 0.3) is 0 Å². The van der Waals surface area contributed by atoms with E-state index in [-0.39, 0.29) is 17.4 Å². The molecule has 0 aromatic carbocycles. The Kier molecular flexibility index (Phi) is 4.43. The van der Waals surface area contributed by atoms with Crippen LogP contribution in [0.5, 0.6) is 0 Å². The van der Waals surface area contributed by atoms with Gasteiger partial charge in [-0.3, -0.25) is 9.69 Å². The molecule has 1 atom stereocenters. The van der Waals surface area contributed by atoms with Gasteiger partial charge in [0.05, 0.1) is 23.1 Å². The van der Waals surface area contributed by atoms with Gasteiger partial charge in [-0.2, -0.15) is 0 Å². The lowest BCUT2D eigenvalue weighted by Crippen LogP contribution is -2.60. The summed E-state index contributed by atoms with van der Waals surface area (Å²) in [6.07, 6.45) is 0.859. The van der Waals surface area contributed by atoms with E-state index >= 15 is 0 Å². The monoisotopic (exact) mass is 285 g/mol. The van der Waals surface area contributed by atoms with Crippen molar-refractivity contribution < 1.29 is 9.53 Å². The van der Waals surface area contributed by atoms with E-state index in [9.17, 15) is 4.79 Å². The minimum Gasteiger partial charge on any atom is -0.392 e. The van der Waals surface area contributed by atoms with E-state index in [1.165, 1.54) is 0 Å². The SMILES string of the molecule is CC(C)(C(N)=S)N1CCN(C(=O)C2CCOC2)CC1.